The van der Waals surface area contributed by atoms with Crippen molar-refractivity contribution in [2.24, 2.45) is 0 Å². The lowest BCUT2D eigenvalue weighted by molar-refractivity contribution is -0.136. The number of anilines is 1. The van der Waals surface area contributed by atoms with Gasteiger partial charge in [-0.1, -0.05) is 19.1 Å². The summed E-state index contributed by atoms with van der Waals surface area (Å²) in [4.78, 5) is 19.5. The van der Waals surface area contributed by atoms with Crippen LogP contribution < -0.4 is 4.90 Å². The van der Waals surface area contributed by atoms with Gasteiger partial charge in [0.25, 0.3) is 0 Å². The third-order valence-corrected chi connectivity index (χ3v) is 7.80. The van der Waals surface area contributed by atoms with E-state index in [2.05, 4.69) is 47.9 Å². The van der Waals surface area contributed by atoms with Crippen LogP contribution in [0.2, 0.25) is 0 Å². The van der Waals surface area contributed by atoms with Gasteiger partial charge in [-0.05, 0) is 44.4 Å². The maximum absolute atomic E-state index is 13.1. The van der Waals surface area contributed by atoms with Crippen molar-refractivity contribution in [1.82, 2.24) is 9.80 Å². The first-order chi connectivity index (χ1) is 13.3. The van der Waals surface area contributed by atoms with Crippen molar-refractivity contribution in [2.75, 3.05) is 49.1 Å². The molecule has 156 valence electrons. The molecule has 0 radical (unpaired) electrons. The first-order valence-corrected chi connectivity index (χ1v) is 12.2. The molecule has 0 unspecified atom stereocenters. The number of sulfone groups is 1. The molecule has 1 aromatic rings. The summed E-state index contributed by atoms with van der Waals surface area (Å²) in [7, 11) is -3.00. The third kappa shape index (κ3) is 5.06. The largest absolute Gasteiger partial charge is 0.369 e. The van der Waals surface area contributed by atoms with Crippen LogP contribution in [0.25, 0.3) is 0 Å². The van der Waals surface area contributed by atoms with Gasteiger partial charge < -0.3 is 9.80 Å². The lowest BCUT2D eigenvalue weighted by Crippen LogP contribution is -2.53. The third-order valence-electron chi connectivity index (χ3n) is 6.05. The van der Waals surface area contributed by atoms with Crippen molar-refractivity contribution in [3.63, 3.8) is 0 Å². The second-order valence-electron chi connectivity index (χ2n) is 8.22. The number of carbonyl (C=O) groups is 1. The number of benzene rings is 1. The van der Waals surface area contributed by atoms with E-state index in [-0.39, 0.29) is 29.5 Å². The van der Waals surface area contributed by atoms with Crippen LogP contribution in [0.15, 0.2) is 24.3 Å². The van der Waals surface area contributed by atoms with Crippen LogP contribution >= 0.6 is 0 Å². The van der Waals surface area contributed by atoms with Crippen molar-refractivity contribution in [2.45, 2.75) is 45.7 Å². The SMILES string of the molecule is CC[C@@H](C)N(C(=O)CN1CCN(c2cccc(C)c2)CC1)[C@@H]1CCS(=O)(=O)C1. The second-order valence-corrected chi connectivity index (χ2v) is 10.4. The topological polar surface area (TPSA) is 60.9 Å². The Kier molecular flexibility index (Phi) is 6.65. The summed E-state index contributed by atoms with van der Waals surface area (Å²) in [5.41, 5.74) is 2.49. The Labute approximate surface area is 169 Å². The molecule has 2 atom stereocenters. The van der Waals surface area contributed by atoms with E-state index < -0.39 is 9.84 Å². The predicted octanol–water partition coefficient (Wildman–Crippen LogP) is 1.93. The van der Waals surface area contributed by atoms with Gasteiger partial charge in [0, 0.05) is 44.0 Å². The van der Waals surface area contributed by atoms with Crippen molar-refractivity contribution in [3.8, 4) is 0 Å². The van der Waals surface area contributed by atoms with Crippen LogP contribution in [0.3, 0.4) is 0 Å². The van der Waals surface area contributed by atoms with Gasteiger partial charge in [-0.15, -0.1) is 0 Å². The second kappa shape index (κ2) is 8.82. The van der Waals surface area contributed by atoms with E-state index in [1.807, 2.05) is 11.8 Å². The molecule has 0 spiro atoms. The average molecular weight is 408 g/mol. The zero-order valence-corrected chi connectivity index (χ0v) is 18.1. The number of hydrogen-bond acceptors (Lipinski definition) is 5. The summed E-state index contributed by atoms with van der Waals surface area (Å²) >= 11 is 0. The standard InChI is InChI=1S/C21H33N3O3S/c1-4-18(3)24(20-8-13-28(26,27)16-20)21(25)15-22-9-11-23(12-10-22)19-7-5-6-17(2)14-19/h5-7,14,18,20H,4,8-13,15-16H2,1-3H3/t18-,20-/m1/s1. The highest BCUT2D eigenvalue weighted by molar-refractivity contribution is 7.91. The zero-order chi connectivity index (χ0) is 20.3. The Morgan fingerprint density at radius 3 is 2.54 bits per heavy atom. The van der Waals surface area contributed by atoms with Crippen molar-refractivity contribution >= 4 is 21.4 Å². The number of piperazine rings is 1. The van der Waals surface area contributed by atoms with E-state index >= 15 is 0 Å². The average Bonchev–Trinajstić information content (AvgIpc) is 3.01. The molecular weight excluding hydrogens is 374 g/mol. The van der Waals surface area contributed by atoms with E-state index in [0.29, 0.717) is 13.0 Å². The van der Waals surface area contributed by atoms with E-state index in [1.165, 1.54) is 11.3 Å². The molecule has 7 heteroatoms. The quantitative estimate of drug-likeness (QED) is 0.721. The molecule has 0 aromatic heterocycles. The Morgan fingerprint density at radius 2 is 1.96 bits per heavy atom. The maximum Gasteiger partial charge on any atom is 0.237 e. The monoisotopic (exact) mass is 407 g/mol. The summed E-state index contributed by atoms with van der Waals surface area (Å²) in [6, 6.07) is 8.43. The summed E-state index contributed by atoms with van der Waals surface area (Å²) in [5.74, 6) is 0.387. The highest BCUT2D eigenvalue weighted by Crippen LogP contribution is 2.22. The molecule has 3 rings (SSSR count). The summed E-state index contributed by atoms with van der Waals surface area (Å²) < 4.78 is 23.8. The van der Waals surface area contributed by atoms with E-state index in [9.17, 15) is 13.2 Å². The first kappa shape index (κ1) is 21.1. The Morgan fingerprint density at radius 1 is 1.25 bits per heavy atom. The highest BCUT2D eigenvalue weighted by Gasteiger charge is 2.37. The molecule has 2 heterocycles. The van der Waals surface area contributed by atoms with Gasteiger partial charge in [-0.3, -0.25) is 9.69 Å². The molecule has 2 fully saturated rings. The van der Waals surface area contributed by atoms with E-state index in [1.54, 1.807) is 0 Å². The van der Waals surface area contributed by atoms with Gasteiger partial charge in [0.05, 0.1) is 18.1 Å². The van der Waals surface area contributed by atoms with Crippen LogP contribution in [0.1, 0.15) is 32.3 Å². The fourth-order valence-electron chi connectivity index (χ4n) is 4.26. The molecule has 6 nitrogen and oxygen atoms in total. The Hall–Kier alpha value is -1.60. The summed E-state index contributed by atoms with van der Waals surface area (Å²) in [6.45, 7) is 10.0. The van der Waals surface area contributed by atoms with Crippen molar-refractivity contribution in [3.05, 3.63) is 29.8 Å². The van der Waals surface area contributed by atoms with Gasteiger partial charge in [0.2, 0.25) is 5.91 Å². The van der Waals surface area contributed by atoms with E-state index in [4.69, 9.17) is 0 Å². The molecule has 2 aliphatic rings. The number of nitrogens with zero attached hydrogens (tertiary/aromatic N) is 3. The number of rotatable bonds is 6. The lowest BCUT2D eigenvalue weighted by Gasteiger charge is -2.39. The van der Waals surface area contributed by atoms with Crippen LogP contribution in [0.5, 0.6) is 0 Å². The number of aryl methyl sites for hydroxylation is 1. The molecule has 28 heavy (non-hydrogen) atoms. The highest BCUT2D eigenvalue weighted by atomic mass is 32.2. The minimum absolute atomic E-state index is 0.0689. The molecule has 2 saturated heterocycles. The molecule has 0 aliphatic carbocycles. The Balaban J connectivity index is 1.58. The van der Waals surface area contributed by atoms with Crippen LogP contribution in [-0.4, -0.2) is 80.4 Å². The van der Waals surface area contributed by atoms with E-state index in [0.717, 1.165) is 32.6 Å². The van der Waals surface area contributed by atoms with Crippen molar-refractivity contribution in [1.29, 1.82) is 0 Å². The lowest BCUT2D eigenvalue weighted by atomic mass is 10.1. The number of amides is 1. The first-order valence-electron chi connectivity index (χ1n) is 10.3. The van der Waals surface area contributed by atoms with Crippen LogP contribution in [0, 0.1) is 6.92 Å². The van der Waals surface area contributed by atoms with Gasteiger partial charge in [0.1, 0.15) is 0 Å². The van der Waals surface area contributed by atoms with Gasteiger partial charge >= 0.3 is 0 Å². The van der Waals surface area contributed by atoms with Crippen LogP contribution in [-0.2, 0) is 14.6 Å². The fraction of sp³-hybridized carbons (Fsp3) is 0.667. The van der Waals surface area contributed by atoms with Crippen molar-refractivity contribution < 1.29 is 13.2 Å². The molecule has 0 bridgehead atoms. The maximum atomic E-state index is 13.1. The van der Waals surface area contributed by atoms with Crippen LogP contribution in [0.4, 0.5) is 5.69 Å². The van der Waals surface area contributed by atoms with Gasteiger partial charge in [-0.25, -0.2) is 8.42 Å². The summed E-state index contributed by atoms with van der Waals surface area (Å²) in [6.07, 6.45) is 1.41. The fourth-order valence-corrected chi connectivity index (χ4v) is 5.97. The Bertz CT molecular complexity index is 788. The molecule has 0 saturated carbocycles. The molecule has 1 aromatic carbocycles. The zero-order valence-electron chi connectivity index (χ0n) is 17.3. The number of carbonyl (C=O) groups excluding carboxylic acids is 1. The predicted molar refractivity (Wildman–Crippen MR) is 113 cm³/mol. The minimum Gasteiger partial charge on any atom is -0.369 e. The van der Waals surface area contributed by atoms with Gasteiger partial charge in [-0.2, -0.15) is 0 Å². The molecule has 0 N–H and O–H groups in total. The molecule has 2 aliphatic heterocycles. The summed E-state index contributed by atoms with van der Waals surface area (Å²) in [5, 5.41) is 0. The number of hydrogen-bond donors (Lipinski definition) is 0. The molecule has 1 amide bonds. The normalized spacial score (nSPS) is 23.5. The minimum atomic E-state index is -3.00. The smallest absolute Gasteiger partial charge is 0.237 e. The molecular formula is C21H33N3O3S. The van der Waals surface area contributed by atoms with Gasteiger partial charge in [0.15, 0.2) is 9.84 Å².